The third-order valence-electron chi connectivity index (χ3n) is 1.97. The average Bonchev–Trinajstić information content (AvgIpc) is 2.28. The fourth-order valence-corrected chi connectivity index (χ4v) is 1.18. The first-order valence-electron chi connectivity index (χ1n) is 4.75. The van der Waals surface area contributed by atoms with E-state index in [2.05, 4.69) is 20.0 Å². The zero-order valence-electron chi connectivity index (χ0n) is 9.65. The fourth-order valence-electron chi connectivity index (χ4n) is 1.08. The number of halogens is 1. The van der Waals surface area contributed by atoms with Crippen LogP contribution in [0.15, 0.2) is 12.4 Å². The summed E-state index contributed by atoms with van der Waals surface area (Å²) < 4.78 is 4.56. The van der Waals surface area contributed by atoms with Crippen molar-refractivity contribution in [1.82, 2.24) is 15.3 Å². The molecule has 7 heteroatoms. The third kappa shape index (κ3) is 3.39. The van der Waals surface area contributed by atoms with Crippen molar-refractivity contribution in [2.75, 3.05) is 7.11 Å². The van der Waals surface area contributed by atoms with Gasteiger partial charge < -0.3 is 10.1 Å². The van der Waals surface area contributed by atoms with Gasteiger partial charge in [-0.15, -0.1) is 0 Å². The van der Waals surface area contributed by atoms with Gasteiger partial charge in [-0.25, -0.2) is 14.8 Å². The summed E-state index contributed by atoms with van der Waals surface area (Å²) in [6.07, 6.45) is 2.48. The summed E-state index contributed by atoms with van der Waals surface area (Å²) in [6, 6.07) is 0. The Kier molecular flexibility index (Phi) is 4.01. The number of ether oxygens (including phenoxy) is 1. The molecule has 0 aromatic carbocycles. The Morgan fingerprint density at radius 3 is 2.47 bits per heavy atom. The van der Waals surface area contributed by atoms with E-state index in [1.54, 1.807) is 0 Å². The van der Waals surface area contributed by atoms with E-state index < -0.39 is 17.4 Å². The Morgan fingerprint density at radius 2 is 2.00 bits per heavy atom. The minimum Gasteiger partial charge on any atom is -0.467 e. The van der Waals surface area contributed by atoms with Crippen LogP contribution < -0.4 is 5.32 Å². The molecule has 0 aliphatic heterocycles. The van der Waals surface area contributed by atoms with Crippen LogP contribution in [0.4, 0.5) is 0 Å². The molecule has 0 aliphatic rings. The largest absolute Gasteiger partial charge is 0.467 e. The molecule has 92 valence electrons. The molecular formula is C10H12ClN3O3. The molecule has 1 amide bonds. The first-order valence-corrected chi connectivity index (χ1v) is 5.13. The molecule has 0 radical (unpaired) electrons. The van der Waals surface area contributed by atoms with E-state index in [1.165, 1.54) is 33.4 Å². The van der Waals surface area contributed by atoms with Gasteiger partial charge in [-0.2, -0.15) is 0 Å². The fraction of sp³-hybridized carbons (Fsp3) is 0.400. The molecule has 0 saturated carbocycles. The van der Waals surface area contributed by atoms with Gasteiger partial charge in [-0.1, -0.05) is 11.6 Å². The van der Waals surface area contributed by atoms with Gasteiger partial charge in [0.05, 0.1) is 19.5 Å². The van der Waals surface area contributed by atoms with Gasteiger partial charge in [0.2, 0.25) is 0 Å². The van der Waals surface area contributed by atoms with Crippen LogP contribution in [0.5, 0.6) is 0 Å². The quantitative estimate of drug-likeness (QED) is 0.811. The maximum Gasteiger partial charge on any atom is 0.330 e. The van der Waals surface area contributed by atoms with Crippen molar-refractivity contribution in [1.29, 1.82) is 0 Å². The summed E-state index contributed by atoms with van der Waals surface area (Å²) in [5.41, 5.74) is -1.06. The highest BCUT2D eigenvalue weighted by Crippen LogP contribution is 2.07. The van der Waals surface area contributed by atoms with Gasteiger partial charge in [0.25, 0.3) is 5.91 Å². The first kappa shape index (κ1) is 13.4. The Bertz CT molecular complexity index is 431. The molecule has 6 nitrogen and oxygen atoms in total. The van der Waals surface area contributed by atoms with E-state index in [0.29, 0.717) is 0 Å². The number of rotatable bonds is 3. The summed E-state index contributed by atoms with van der Waals surface area (Å²) in [6.45, 7) is 3.06. The number of carbonyl (C=O) groups is 2. The van der Waals surface area contributed by atoms with Crippen LogP contribution in [0.2, 0.25) is 5.15 Å². The maximum atomic E-state index is 11.7. The molecule has 0 saturated heterocycles. The predicted molar refractivity (Wildman–Crippen MR) is 60.6 cm³/mol. The van der Waals surface area contributed by atoms with Crippen LogP contribution >= 0.6 is 11.6 Å². The van der Waals surface area contributed by atoms with Crippen molar-refractivity contribution in [3.63, 3.8) is 0 Å². The number of hydrogen-bond acceptors (Lipinski definition) is 5. The molecule has 1 heterocycles. The summed E-state index contributed by atoms with van der Waals surface area (Å²) in [7, 11) is 1.25. The average molecular weight is 258 g/mol. The number of methoxy groups -OCH3 is 1. The van der Waals surface area contributed by atoms with E-state index in [9.17, 15) is 9.59 Å². The number of esters is 1. The van der Waals surface area contributed by atoms with Crippen LogP contribution in [-0.2, 0) is 9.53 Å². The normalized spacial score (nSPS) is 10.8. The van der Waals surface area contributed by atoms with Gasteiger partial charge >= 0.3 is 5.97 Å². The molecule has 0 unspecified atom stereocenters. The maximum absolute atomic E-state index is 11.7. The van der Waals surface area contributed by atoms with E-state index in [1.807, 2.05) is 0 Å². The standard InChI is InChI=1S/C10H12ClN3O3/c1-10(2,9(16)17-3)14-8(15)6-4-13-7(11)5-12-6/h4-5H,1-3H3,(H,14,15). The Labute approximate surface area is 103 Å². The minimum atomic E-state index is -1.13. The number of aromatic nitrogens is 2. The molecule has 0 bridgehead atoms. The van der Waals surface area contributed by atoms with Crippen molar-refractivity contribution < 1.29 is 14.3 Å². The van der Waals surface area contributed by atoms with E-state index in [-0.39, 0.29) is 10.8 Å². The molecule has 0 fully saturated rings. The topological polar surface area (TPSA) is 81.2 Å². The molecule has 0 aliphatic carbocycles. The SMILES string of the molecule is COC(=O)C(C)(C)NC(=O)c1cnc(Cl)cn1. The minimum absolute atomic E-state index is 0.0754. The van der Waals surface area contributed by atoms with Gasteiger partial charge in [-0.3, -0.25) is 4.79 Å². The van der Waals surface area contributed by atoms with Crippen LogP contribution in [0.25, 0.3) is 0 Å². The van der Waals surface area contributed by atoms with E-state index in [0.717, 1.165) is 0 Å². The van der Waals surface area contributed by atoms with E-state index >= 15 is 0 Å². The second kappa shape index (κ2) is 5.09. The van der Waals surface area contributed by atoms with Crippen molar-refractivity contribution >= 4 is 23.5 Å². The number of carbonyl (C=O) groups excluding carboxylic acids is 2. The zero-order valence-corrected chi connectivity index (χ0v) is 10.4. The van der Waals surface area contributed by atoms with Gasteiger partial charge in [0.15, 0.2) is 0 Å². The van der Waals surface area contributed by atoms with Crippen LogP contribution in [0, 0.1) is 0 Å². The zero-order chi connectivity index (χ0) is 13.1. The highest BCUT2D eigenvalue weighted by atomic mass is 35.5. The molecular weight excluding hydrogens is 246 g/mol. The third-order valence-corrected chi connectivity index (χ3v) is 2.17. The molecule has 1 aromatic rings. The number of nitrogens with zero attached hydrogens (tertiary/aromatic N) is 2. The summed E-state index contributed by atoms with van der Waals surface area (Å²) in [5.74, 6) is -1.07. The lowest BCUT2D eigenvalue weighted by atomic mass is 10.1. The van der Waals surface area contributed by atoms with Crippen LogP contribution in [0.1, 0.15) is 24.3 Å². The molecule has 0 atom stereocenters. The van der Waals surface area contributed by atoms with Crippen LogP contribution in [0.3, 0.4) is 0 Å². The molecule has 0 spiro atoms. The first-order chi connectivity index (χ1) is 7.86. The Balaban J connectivity index is 2.79. The van der Waals surface area contributed by atoms with Gasteiger partial charge in [0.1, 0.15) is 16.4 Å². The van der Waals surface area contributed by atoms with Gasteiger partial charge in [0, 0.05) is 0 Å². The van der Waals surface area contributed by atoms with E-state index in [4.69, 9.17) is 11.6 Å². The monoisotopic (exact) mass is 257 g/mol. The number of nitrogens with one attached hydrogen (secondary N) is 1. The summed E-state index contributed by atoms with van der Waals surface area (Å²) >= 11 is 5.54. The predicted octanol–water partition coefficient (Wildman–Crippen LogP) is 0.811. The van der Waals surface area contributed by atoms with Crippen molar-refractivity contribution in [2.24, 2.45) is 0 Å². The van der Waals surface area contributed by atoms with Crippen molar-refractivity contribution in [3.8, 4) is 0 Å². The highest BCUT2D eigenvalue weighted by molar-refractivity contribution is 6.29. The Hall–Kier alpha value is -1.69. The Morgan fingerprint density at radius 1 is 1.35 bits per heavy atom. The number of amides is 1. The van der Waals surface area contributed by atoms with Gasteiger partial charge in [-0.05, 0) is 13.8 Å². The highest BCUT2D eigenvalue weighted by Gasteiger charge is 2.31. The molecule has 1 aromatic heterocycles. The smallest absolute Gasteiger partial charge is 0.330 e. The van der Waals surface area contributed by atoms with Crippen molar-refractivity contribution in [3.05, 3.63) is 23.2 Å². The second-order valence-electron chi connectivity index (χ2n) is 3.80. The summed E-state index contributed by atoms with van der Waals surface area (Å²) in [4.78, 5) is 30.6. The molecule has 17 heavy (non-hydrogen) atoms. The molecule has 1 N–H and O–H groups in total. The lowest BCUT2D eigenvalue weighted by Crippen LogP contribution is -2.50. The van der Waals surface area contributed by atoms with Crippen LogP contribution in [-0.4, -0.2) is 34.5 Å². The second-order valence-corrected chi connectivity index (χ2v) is 4.18. The lowest BCUT2D eigenvalue weighted by molar-refractivity contribution is -0.146. The molecule has 1 rings (SSSR count). The summed E-state index contributed by atoms with van der Waals surface area (Å²) in [5, 5.41) is 2.67. The van der Waals surface area contributed by atoms with Crippen molar-refractivity contribution in [2.45, 2.75) is 19.4 Å². The lowest BCUT2D eigenvalue weighted by Gasteiger charge is -2.22. The number of hydrogen-bond donors (Lipinski definition) is 1.